The number of halogens is 1. The van der Waals surface area contributed by atoms with Crippen LogP contribution in [-0.2, 0) is 14.3 Å². The summed E-state index contributed by atoms with van der Waals surface area (Å²) in [5.74, 6) is -0.314. The van der Waals surface area contributed by atoms with Crippen LogP contribution in [0, 0.1) is 0 Å². The molecule has 2 aliphatic rings. The molecule has 0 radical (unpaired) electrons. The van der Waals surface area contributed by atoms with E-state index in [-0.39, 0.29) is 21.9 Å². The molecule has 0 unspecified atom stereocenters. The Hall–Kier alpha value is -1.14. The molecule has 2 atom stereocenters. The maximum absolute atomic E-state index is 12.2. The molecule has 1 fully saturated rings. The van der Waals surface area contributed by atoms with Gasteiger partial charge in [-0.25, -0.2) is 0 Å². The van der Waals surface area contributed by atoms with E-state index in [0.29, 0.717) is 0 Å². The zero-order valence-corrected chi connectivity index (χ0v) is 13.1. The molecule has 5 nitrogen and oxygen atoms in total. The molecular formula is C14H18BrNO4. The van der Waals surface area contributed by atoms with Crippen LogP contribution in [0.4, 0.5) is 0 Å². The van der Waals surface area contributed by atoms with E-state index in [1.165, 1.54) is 19.1 Å². The molecule has 6 heteroatoms. The summed E-state index contributed by atoms with van der Waals surface area (Å²) in [5, 5.41) is 10.2. The lowest BCUT2D eigenvalue weighted by Crippen LogP contribution is -2.40. The Labute approximate surface area is 126 Å². The van der Waals surface area contributed by atoms with Crippen molar-refractivity contribution in [1.29, 1.82) is 0 Å². The number of carbonyl (C=O) groups excluding carboxylic acids is 2. The Morgan fingerprint density at radius 1 is 1.50 bits per heavy atom. The normalized spacial score (nSPS) is 28.0. The van der Waals surface area contributed by atoms with E-state index < -0.39 is 11.7 Å². The number of aliphatic hydroxyl groups is 1. The number of ether oxygens (including phenoxy) is 1. The van der Waals surface area contributed by atoms with Crippen molar-refractivity contribution in [1.82, 2.24) is 4.90 Å². The van der Waals surface area contributed by atoms with Crippen LogP contribution >= 0.6 is 15.9 Å². The minimum atomic E-state index is -1.40. The molecule has 1 saturated heterocycles. The molecule has 2 rings (SSSR count). The summed E-state index contributed by atoms with van der Waals surface area (Å²) < 4.78 is 5.74. The highest BCUT2D eigenvalue weighted by Gasteiger charge is 2.36. The molecule has 1 aliphatic heterocycles. The topological polar surface area (TPSA) is 66.8 Å². The summed E-state index contributed by atoms with van der Waals surface area (Å²) in [6.07, 6.45) is 3.92. The maximum atomic E-state index is 12.2. The molecule has 0 aromatic heterocycles. The lowest BCUT2D eigenvalue weighted by molar-refractivity contribution is -0.140. The minimum absolute atomic E-state index is 0.0880. The molecule has 1 amide bonds. The highest BCUT2D eigenvalue weighted by molar-refractivity contribution is 9.12. The number of amides is 1. The standard InChI is InChI=1S/C14H18BrNO4/c1-9(13(18)16-7-3-4-8-16)20-12-11(15)10(17)5-6-14(12,2)19/h5-6,9,19H,3-4,7-8H2,1-2H3/t9-,14-/m0/s1. The SMILES string of the molecule is C[C@H](OC1=C(Br)C(=O)C=C[C@]1(C)O)C(=O)N1CCCC1. The number of likely N-dealkylation sites (tertiary alicyclic amines) is 1. The van der Waals surface area contributed by atoms with Gasteiger partial charge in [0.15, 0.2) is 17.6 Å². The fraction of sp³-hybridized carbons (Fsp3) is 0.571. The van der Waals surface area contributed by atoms with Gasteiger partial charge in [-0.1, -0.05) is 0 Å². The molecule has 0 aromatic rings. The zero-order chi connectivity index (χ0) is 14.9. The Kier molecular flexibility index (Phi) is 4.34. The number of allylic oxidation sites excluding steroid dienone is 2. The average molecular weight is 344 g/mol. The van der Waals surface area contributed by atoms with Crippen LogP contribution in [-0.4, -0.2) is 46.5 Å². The lowest BCUT2D eigenvalue weighted by Gasteiger charge is -2.30. The van der Waals surface area contributed by atoms with Gasteiger partial charge in [0.2, 0.25) is 0 Å². The first-order valence-corrected chi connectivity index (χ1v) is 7.44. The second-order valence-corrected chi connectivity index (χ2v) is 6.07. The number of nitrogens with zero attached hydrogens (tertiary/aromatic N) is 1. The van der Waals surface area contributed by atoms with Crippen molar-refractivity contribution in [2.45, 2.75) is 38.4 Å². The predicted octanol–water partition coefficient (Wildman–Crippen LogP) is 1.51. The Bertz CT molecular complexity index is 489. The molecule has 0 aromatic carbocycles. The average Bonchev–Trinajstić information content (AvgIpc) is 2.92. The van der Waals surface area contributed by atoms with Crippen LogP contribution < -0.4 is 0 Å². The summed E-state index contributed by atoms with van der Waals surface area (Å²) in [7, 11) is 0. The lowest BCUT2D eigenvalue weighted by atomic mass is 9.97. The van der Waals surface area contributed by atoms with Crippen LogP contribution in [0.1, 0.15) is 26.7 Å². The van der Waals surface area contributed by atoms with E-state index in [2.05, 4.69) is 15.9 Å². The number of carbonyl (C=O) groups is 2. The van der Waals surface area contributed by atoms with Gasteiger partial charge in [-0.2, -0.15) is 0 Å². The van der Waals surface area contributed by atoms with Gasteiger partial charge in [0.05, 0.1) is 0 Å². The second kappa shape index (κ2) is 5.69. The third-order valence-corrected chi connectivity index (χ3v) is 4.25. The van der Waals surface area contributed by atoms with Gasteiger partial charge in [-0.15, -0.1) is 0 Å². The summed E-state index contributed by atoms with van der Waals surface area (Å²) >= 11 is 3.13. The number of rotatable bonds is 3. The van der Waals surface area contributed by atoms with Crippen LogP contribution in [0.15, 0.2) is 22.4 Å². The number of ketones is 1. The van der Waals surface area contributed by atoms with Crippen LogP contribution in [0.5, 0.6) is 0 Å². The summed E-state index contributed by atoms with van der Waals surface area (Å²) in [6, 6.07) is 0. The quantitative estimate of drug-likeness (QED) is 0.843. The van der Waals surface area contributed by atoms with E-state index in [0.717, 1.165) is 25.9 Å². The van der Waals surface area contributed by atoms with E-state index in [1.54, 1.807) is 11.8 Å². The molecule has 0 saturated carbocycles. The maximum Gasteiger partial charge on any atom is 0.263 e. The Morgan fingerprint density at radius 2 is 2.10 bits per heavy atom. The van der Waals surface area contributed by atoms with Gasteiger partial charge in [0.1, 0.15) is 10.1 Å². The number of hydrogen-bond donors (Lipinski definition) is 1. The van der Waals surface area contributed by atoms with E-state index in [4.69, 9.17) is 4.74 Å². The smallest absolute Gasteiger partial charge is 0.263 e. The van der Waals surface area contributed by atoms with Crippen molar-refractivity contribution in [2.24, 2.45) is 0 Å². The Balaban J connectivity index is 2.13. The largest absolute Gasteiger partial charge is 0.480 e. The van der Waals surface area contributed by atoms with Gasteiger partial charge in [-0.05, 0) is 54.8 Å². The second-order valence-electron chi connectivity index (χ2n) is 5.28. The third-order valence-electron chi connectivity index (χ3n) is 3.49. The van der Waals surface area contributed by atoms with Crippen LogP contribution in [0.3, 0.4) is 0 Å². The van der Waals surface area contributed by atoms with E-state index in [1.807, 2.05) is 0 Å². The first kappa shape index (κ1) is 15.3. The fourth-order valence-corrected chi connectivity index (χ4v) is 2.94. The molecule has 0 bridgehead atoms. The fourth-order valence-electron chi connectivity index (χ4n) is 2.31. The minimum Gasteiger partial charge on any atom is -0.480 e. The van der Waals surface area contributed by atoms with Crippen molar-refractivity contribution >= 4 is 27.6 Å². The molecule has 20 heavy (non-hydrogen) atoms. The van der Waals surface area contributed by atoms with Gasteiger partial charge in [0.25, 0.3) is 5.91 Å². The first-order valence-electron chi connectivity index (χ1n) is 6.64. The summed E-state index contributed by atoms with van der Waals surface area (Å²) in [6.45, 7) is 4.62. The molecule has 1 N–H and O–H groups in total. The van der Waals surface area contributed by atoms with Crippen molar-refractivity contribution in [3.05, 3.63) is 22.4 Å². The predicted molar refractivity (Wildman–Crippen MR) is 77.1 cm³/mol. The van der Waals surface area contributed by atoms with Crippen LogP contribution in [0.2, 0.25) is 0 Å². The van der Waals surface area contributed by atoms with Gasteiger partial charge in [-0.3, -0.25) is 9.59 Å². The highest BCUT2D eigenvalue weighted by Crippen LogP contribution is 2.32. The third kappa shape index (κ3) is 2.96. The first-order chi connectivity index (χ1) is 9.33. The van der Waals surface area contributed by atoms with Crippen LogP contribution in [0.25, 0.3) is 0 Å². The van der Waals surface area contributed by atoms with Crippen molar-refractivity contribution < 1.29 is 19.4 Å². The highest BCUT2D eigenvalue weighted by atomic mass is 79.9. The van der Waals surface area contributed by atoms with Gasteiger partial charge < -0.3 is 14.7 Å². The Morgan fingerprint density at radius 3 is 2.70 bits per heavy atom. The molecule has 110 valence electrons. The summed E-state index contributed by atoms with van der Waals surface area (Å²) in [5.41, 5.74) is -1.40. The molecule has 0 spiro atoms. The monoisotopic (exact) mass is 343 g/mol. The van der Waals surface area contributed by atoms with Crippen molar-refractivity contribution in [3.63, 3.8) is 0 Å². The van der Waals surface area contributed by atoms with Gasteiger partial charge >= 0.3 is 0 Å². The summed E-state index contributed by atoms with van der Waals surface area (Å²) in [4.78, 5) is 25.6. The number of hydrogen-bond acceptors (Lipinski definition) is 4. The van der Waals surface area contributed by atoms with E-state index in [9.17, 15) is 14.7 Å². The zero-order valence-electron chi connectivity index (χ0n) is 11.6. The van der Waals surface area contributed by atoms with Crippen molar-refractivity contribution in [3.8, 4) is 0 Å². The van der Waals surface area contributed by atoms with E-state index >= 15 is 0 Å². The molecule has 1 heterocycles. The molecule has 1 aliphatic carbocycles. The van der Waals surface area contributed by atoms with Gasteiger partial charge in [0, 0.05) is 13.1 Å². The molecular weight excluding hydrogens is 326 g/mol. The van der Waals surface area contributed by atoms with Crippen molar-refractivity contribution in [2.75, 3.05) is 13.1 Å².